The number of nitrogens with two attached hydrogens (primary N) is 1. The first-order valence-corrected chi connectivity index (χ1v) is 7.38. The van der Waals surface area contributed by atoms with Crippen molar-refractivity contribution in [1.82, 2.24) is 14.7 Å². The summed E-state index contributed by atoms with van der Waals surface area (Å²) in [7, 11) is 5.67. The molecule has 2 atom stereocenters. The molecule has 122 valence electrons. The van der Waals surface area contributed by atoms with Gasteiger partial charge in [-0.2, -0.15) is 0 Å². The van der Waals surface area contributed by atoms with Crippen molar-refractivity contribution in [2.24, 2.45) is 5.73 Å². The molecular formula is C14H28N4O3. The highest BCUT2D eigenvalue weighted by molar-refractivity contribution is 5.82. The number of hydrogen-bond donors (Lipinski definition) is 1. The van der Waals surface area contributed by atoms with Crippen LogP contribution in [-0.4, -0.2) is 92.6 Å². The van der Waals surface area contributed by atoms with Crippen molar-refractivity contribution in [3.05, 3.63) is 0 Å². The molecule has 1 saturated heterocycles. The van der Waals surface area contributed by atoms with Gasteiger partial charge in [-0.25, -0.2) is 0 Å². The van der Waals surface area contributed by atoms with Crippen LogP contribution in [0.5, 0.6) is 0 Å². The van der Waals surface area contributed by atoms with E-state index in [0.717, 1.165) is 6.42 Å². The predicted octanol–water partition coefficient (Wildman–Crippen LogP) is -1.03. The van der Waals surface area contributed by atoms with Crippen LogP contribution in [0, 0.1) is 0 Å². The number of amides is 2. The van der Waals surface area contributed by atoms with Crippen LogP contribution in [0.25, 0.3) is 0 Å². The Hall–Kier alpha value is -1.18. The summed E-state index contributed by atoms with van der Waals surface area (Å²) in [6, 6.07) is -0.0906. The first-order chi connectivity index (χ1) is 9.85. The minimum atomic E-state index is -0.361. The Morgan fingerprint density at radius 1 is 1.38 bits per heavy atom. The van der Waals surface area contributed by atoms with E-state index in [4.69, 9.17) is 10.5 Å². The molecule has 0 bridgehead atoms. The Morgan fingerprint density at radius 2 is 2.05 bits per heavy atom. The summed E-state index contributed by atoms with van der Waals surface area (Å²) in [5.41, 5.74) is 5.17. The van der Waals surface area contributed by atoms with Gasteiger partial charge in [-0.05, 0) is 27.6 Å². The van der Waals surface area contributed by atoms with Gasteiger partial charge < -0.3 is 15.4 Å². The van der Waals surface area contributed by atoms with Crippen LogP contribution >= 0.6 is 0 Å². The third kappa shape index (κ3) is 5.61. The van der Waals surface area contributed by atoms with Crippen molar-refractivity contribution >= 4 is 11.8 Å². The van der Waals surface area contributed by atoms with Gasteiger partial charge in [0.1, 0.15) is 0 Å². The van der Waals surface area contributed by atoms with E-state index in [1.807, 2.05) is 42.8 Å². The average molecular weight is 300 g/mol. The van der Waals surface area contributed by atoms with Gasteiger partial charge in [-0.15, -0.1) is 0 Å². The number of hydrogen-bond acceptors (Lipinski definition) is 5. The van der Waals surface area contributed by atoms with Gasteiger partial charge in [0.2, 0.25) is 11.8 Å². The van der Waals surface area contributed by atoms with E-state index in [1.54, 1.807) is 0 Å². The molecule has 2 amide bonds. The summed E-state index contributed by atoms with van der Waals surface area (Å²) in [5, 5.41) is 0. The number of nitrogens with zero attached hydrogens (tertiary/aromatic N) is 3. The molecule has 1 heterocycles. The van der Waals surface area contributed by atoms with Gasteiger partial charge in [0, 0.05) is 19.6 Å². The van der Waals surface area contributed by atoms with Crippen molar-refractivity contribution in [3.8, 4) is 0 Å². The molecule has 7 nitrogen and oxygen atoms in total. The maximum absolute atomic E-state index is 12.5. The van der Waals surface area contributed by atoms with Crippen LogP contribution < -0.4 is 5.73 Å². The van der Waals surface area contributed by atoms with E-state index in [0.29, 0.717) is 26.2 Å². The molecule has 1 aliphatic rings. The van der Waals surface area contributed by atoms with Crippen molar-refractivity contribution < 1.29 is 14.3 Å². The van der Waals surface area contributed by atoms with Gasteiger partial charge in [0.25, 0.3) is 0 Å². The molecule has 0 unspecified atom stereocenters. The zero-order chi connectivity index (χ0) is 16.0. The van der Waals surface area contributed by atoms with Crippen LogP contribution in [0.4, 0.5) is 0 Å². The first kappa shape index (κ1) is 17.9. The Labute approximate surface area is 127 Å². The lowest BCUT2D eigenvalue weighted by Gasteiger charge is -2.37. The second-order valence-corrected chi connectivity index (χ2v) is 5.83. The highest BCUT2D eigenvalue weighted by atomic mass is 16.5. The third-order valence-corrected chi connectivity index (χ3v) is 3.69. The Bertz CT molecular complexity index is 362. The van der Waals surface area contributed by atoms with Gasteiger partial charge in [0.05, 0.1) is 25.3 Å². The normalized spacial score (nSPS) is 20.9. The minimum absolute atomic E-state index is 0.0771. The molecule has 21 heavy (non-hydrogen) atoms. The molecule has 1 fully saturated rings. The maximum Gasteiger partial charge on any atom is 0.240 e. The summed E-state index contributed by atoms with van der Waals surface area (Å²) < 4.78 is 5.68. The highest BCUT2D eigenvalue weighted by Crippen LogP contribution is 2.11. The summed E-state index contributed by atoms with van der Waals surface area (Å²) in [6.45, 7) is 4.52. The van der Waals surface area contributed by atoms with Gasteiger partial charge >= 0.3 is 0 Å². The highest BCUT2D eigenvalue weighted by Gasteiger charge is 2.30. The lowest BCUT2D eigenvalue weighted by Crippen LogP contribution is -2.54. The molecule has 0 aromatic heterocycles. The van der Waals surface area contributed by atoms with Crippen LogP contribution in [0.1, 0.15) is 13.3 Å². The number of likely N-dealkylation sites (N-methyl/N-ethyl adjacent to an activating group) is 2. The number of rotatable bonds is 7. The molecule has 0 aliphatic carbocycles. The second kappa shape index (κ2) is 8.31. The SMILES string of the molecule is CC[C@H](C(=O)N1CCO[C@H](CN(C)CC(N)=O)C1)N(C)C. The van der Waals surface area contributed by atoms with Crippen molar-refractivity contribution in [3.63, 3.8) is 0 Å². The number of morpholine rings is 1. The summed E-state index contributed by atoms with van der Waals surface area (Å²) in [5.74, 6) is -0.215. The van der Waals surface area contributed by atoms with Crippen LogP contribution in [-0.2, 0) is 14.3 Å². The van der Waals surface area contributed by atoms with Gasteiger partial charge in [0.15, 0.2) is 0 Å². The topological polar surface area (TPSA) is 79.1 Å². The zero-order valence-electron chi connectivity index (χ0n) is 13.5. The molecule has 0 saturated carbocycles. The Balaban J connectivity index is 2.55. The predicted molar refractivity (Wildman–Crippen MR) is 80.8 cm³/mol. The number of carbonyl (C=O) groups excluding carboxylic acids is 2. The molecule has 1 aliphatic heterocycles. The maximum atomic E-state index is 12.5. The molecule has 0 aromatic rings. The van der Waals surface area contributed by atoms with Crippen molar-refractivity contribution in [2.45, 2.75) is 25.5 Å². The van der Waals surface area contributed by atoms with E-state index in [9.17, 15) is 9.59 Å². The fourth-order valence-corrected chi connectivity index (χ4v) is 2.68. The van der Waals surface area contributed by atoms with Gasteiger partial charge in [-0.3, -0.25) is 19.4 Å². The molecule has 1 rings (SSSR count). The molecule has 7 heteroatoms. The number of carbonyl (C=O) groups is 2. The summed E-state index contributed by atoms with van der Waals surface area (Å²) in [6.07, 6.45) is 0.710. The van der Waals surface area contributed by atoms with Crippen molar-refractivity contribution in [1.29, 1.82) is 0 Å². The fourth-order valence-electron chi connectivity index (χ4n) is 2.68. The molecule has 0 radical (unpaired) electrons. The van der Waals surface area contributed by atoms with E-state index < -0.39 is 0 Å². The monoisotopic (exact) mass is 300 g/mol. The molecular weight excluding hydrogens is 272 g/mol. The quantitative estimate of drug-likeness (QED) is 0.650. The number of ether oxygens (including phenoxy) is 1. The molecule has 0 aromatic carbocycles. The van der Waals surface area contributed by atoms with E-state index in [-0.39, 0.29) is 30.5 Å². The first-order valence-electron chi connectivity index (χ1n) is 7.38. The second-order valence-electron chi connectivity index (χ2n) is 5.83. The lowest BCUT2D eigenvalue weighted by atomic mass is 10.1. The van der Waals surface area contributed by atoms with E-state index in [1.165, 1.54) is 0 Å². The largest absolute Gasteiger partial charge is 0.373 e. The van der Waals surface area contributed by atoms with Crippen LogP contribution in [0.3, 0.4) is 0 Å². The molecule has 2 N–H and O–H groups in total. The van der Waals surface area contributed by atoms with E-state index in [2.05, 4.69) is 0 Å². The zero-order valence-corrected chi connectivity index (χ0v) is 13.5. The van der Waals surface area contributed by atoms with Gasteiger partial charge in [-0.1, -0.05) is 6.92 Å². The minimum Gasteiger partial charge on any atom is -0.373 e. The summed E-state index contributed by atoms with van der Waals surface area (Å²) in [4.78, 5) is 29.1. The van der Waals surface area contributed by atoms with Crippen LogP contribution in [0.15, 0.2) is 0 Å². The fraction of sp³-hybridized carbons (Fsp3) is 0.857. The van der Waals surface area contributed by atoms with Crippen molar-refractivity contribution in [2.75, 3.05) is 53.9 Å². The Kier molecular flexibility index (Phi) is 7.07. The standard InChI is InChI=1S/C14H28N4O3/c1-5-12(16(2)3)14(20)18-6-7-21-11(9-18)8-17(4)10-13(15)19/h11-12H,5-10H2,1-4H3,(H2,15,19)/t11-,12-/m1/s1. The van der Waals surface area contributed by atoms with E-state index >= 15 is 0 Å². The third-order valence-electron chi connectivity index (χ3n) is 3.69. The lowest BCUT2D eigenvalue weighted by molar-refractivity contribution is -0.144. The molecule has 0 spiro atoms. The Morgan fingerprint density at radius 3 is 2.57 bits per heavy atom. The number of primary amides is 1. The summed E-state index contributed by atoms with van der Waals surface area (Å²) >= 11 is 0. The smallest absolute Gasteiger partial charge is 0.240 e. The van der Waals surface area contributed by atoms with Crippen LogP contribution in [0.2, 0.25) is 0 Å². The average Bonchev–Trinajstić information content (AvgIpc) is 2.38.